The SMILES string of the molecule is COc1cccc(C(=O)Nc2cc(-c3csc(-c4sc(NC(=O)NCCN5CCOCC5)nc4N)n3)c(F)cc2F)c1. The summed E-state index contributed by atoms with van der Waals surface area (Å²) in [5.74, 6) is -1.77. The van der Waals surface area contributed by atoms with Crippen LogP contribution in [0.2, 0.25) is 0 Å². The lowest BCUT2D eigenvalue weighted by Crippen LogP contribution is -2.42. The summed E-state index contributed by atoms with van der Waals surface area (Å²) in [6.45, 7) is 4.18. The molecule has 4 aromatic rings. The standard InChI is InChI=1S/C27H27F2N7O4S2/c1-39-16-4-2-3-15(11-16)24(37)32-20-12-17(18(28)13-19(20)29)21-14-41-25(33-21)22-23(30)34-27(42-22)35-26(38)31-5-6-36-7-9-40-10-8-36/h2-4,11-14H,5-10,30H2,1H3,(H,32,37)(H2,31,34,35,38). The van der Waals surface area contributed by atoms with Gasteiger partial charge in [0.15, 0.2) is 5.13 Å². The molecule has 3 amide bonds. The normalized spacial score (nSPS) is 13.5. The fraction of sp³-hybridized carbons (Fsp3) is 0.259. The maximum absolute atomic E-state index is 14.8. The zero-order valence-corrected chi connectivity index (χ0v) is 24.0. The van der Waals surface area contributed by atoms with Gasteiger partial charge in [-0.05, 0) is 24.3 Å². The van der Waals surface area contributed by atoms with Crippen LogP contribution in [-0.4, -0.2) is 73.3 Å². The first-order chi connectivity index (χ1) is 20.3. The number of ether oxygens (including phenoxy) is 2. The van der Waals surface area contributed by atoms with Crippen LogP contribution < -0.4 is 26.4 Å². The average molecular weight is 616 g/mol. The number of amides is 3. The zero-order chi connectivity index (χ0) is 29.6. The van der Waals surface area contributed by atoms with E-state index in [1.165, 1.54) is 30.6 Å². The van der Waals surface area contributed by atoms with Crippen LogP contribution in [-0.2, 0) is 4.74 Å². The number of hydrogen-bond acceptors (Lipinski definition) is 10. The maximum Gasteiger partial charge on any atom is 0.321 e. The van der Waals surface area contributed by atoms with Crippen LogP contribution >= 0.6 is 22.7 Å². The van der Waals surface area contributed by atoms with Crippen LogP contribution in [0.3, 0.4) is 0 Å². The van der Waals surface area contributed by atoms with Gasteiger partial charge in [-0.3, -0.25) is 15.0 Å². The van der Waals surface area contributed by atoms with Gasteiger partial charge in [-0.15, -0.1) is 11.3 Å². The monoisotopic (exact) mass is 615 g/mol. The Kier molecular flexibility index (Phi) is 9.22. The number of halogens is 2. The van der Waals surface area contributed by atoms with E-state index in [1.807, 2.05) is 0 Å². The van der Waals surface area contributed by atoms with E-state index in [1.54, 1.807) is 23.6 Å². The number of thiazole rings is 2. The van der Waals surface area contributed by atoms with E-state index >= 15 is 0 Å². The Labute approximate surface area is 247 Å². The molecule has 0 saturated carbocycles. The van der Waals surface area contributed by atoms with Crippen molar-refractivity contribution in [3.8, 4) is 26.9 Å². The molecular formula is C27H27F2N7O4S2. The summed E-state index contributed by atoms with van der Waals surface area (Å²) in [6.07, 6.45) is 0. The molecule has 0 radical (unpaired) electrons. The number of methoxy groups -OCH3 is 1. The van der Waals surface area contributed by atoms with Crippen molar-refractivity contribution in [2.75, 3.05) is 62.9 Å². The minimum absolute atomic E-state index is 0.0130. The molecule has 0 aliphatic carbocycles. The summed E-state index contributed by atoms with van der Waals surface area (Å²) in [6, 6.07) is 7.81. The second-order valence-electron chi connectivity index (χ2n) is 9.10. The van der Waals surface area contributed by atoms with Crippen LogP contribution in [0, 0.1) is 11.6 Å². The number of nitrogens with one attached hydrogen (secondary N) is 3. The minimum Gasteiger partial charge on any atom is -0.497 e. The topological polar surface area (TPSA) is 144 Å². The number of morpholine rings is 1. The molecule has 0 unspecified atom stereocenters. The van der Waals surface area contributed by atoms with Gasteiger partial charge in [0.05, 0.1) is 31.7 Å². The van der Waals surface area contributed by atoms with Crippen LogP contribution in [0.4, 0.5) is 30.2 Å². The van der Waals surface area contributed by atoms with Crippen molar-refractivity contribution in [1.82, 2.24) is 20.2 Å². The molecule has 1 aliphatic rings. The van der Waals surface area contributed by atoms with Gasteiger partial charge in [-0.1, -0.05) is 17.4 Å². The Balaban J connectivity index is 1.26. The predicted octanol–water partition coefficient (Wildman–Crippen LogP) is 4.51. The molecule has 2 aromatic heterocycles. The van der Waals surface area contributed by atoms with E-state index < -0.39 is 23.6 Å². The number of rotatable bonds is 9. The van der Waals surface area contributed by atoms with Gasteiger partial charge < -0.3 is 25.8 Å². The number of carbonyl (C=O) groups is 2. The van der Waals surface area contributed by atoms with Gasteiger partial charge in [0, 0.05) is 48.8 Å². The maximum atomic E-state index is 14.8. The van der Waals surface area contributed by atoms with Crippen LogP contribution in [0.1, 0.15) is 10.4 Å². The van der Waals surface area contributed by atoms with Gasteiger partial charge in [-0.2, -0.15) is 0 Å². The Morgan fingerprint density at radius 1 is 1.12 bits per heavy atom. The van der Waals surface area contributed by atoms with Gasteiger partial charge in [0.25, 0.3) is 5.91 Å². The molecule has 0 atom stereocenters. The summed E-state index contributed by atoms with van der Waals surface area (Å²) >= 11 is 2.30. The van der Waals surface area contributed by atoms with Crippen LogP contribution in [0.5, 0.6) is 5.75 Å². The molecule has 15 heteroatoms. The summed E-state index contributed by atoms with van der Waals surface area (Å²) in [4.78, 5) is 36.4. The highest BCUT2D eigenvalue weighted by atomic mass is 32.1. The van der Waals surface area contributed by atoms with Crippen LogP contribution in [0.25, 0.3) is 21.1 Å². The third kappa shape index (κ3) is 6.99. The molecule has 1 saturated heterocycles. The highest BCUT2D eigenvalue weighted by molar-refractivity contribution is 7.23. The van der Waals surface area contributed by atoms with Crippen molar-refractivity contribution in [3.63, 3.8) is 0 Å². The van der Waals surface area contributed by atoms with Gasteiger partial charge >= 0.3 is 6.03 Å². The first-order valence-corrected chi connectivity index (χ1v) is 14.5. The third-order valence-electron chi connectivity index (χ3n) is 6.30. The molecule has 42 heavy (non-hydrogen) atoms. The molecule has 1 fully saturated rings. The van der Waals surface area contributed by atoms with Crippen molar-refractivity contribution < 1.29 is 27.8 Å². The lowest BCUT2D eigenvalue weighted by atomic mass is 10.1. The number of urea groups is 1. The Hall–Kier alpha value is -4.18. The second kappa shape index (κ2) is 13.2. The molecule has 0 bridgehead atoms. The molecule has 5 rings (SSSR count). The molecule has 5 N–H and O–H groups in total. The first-order valence-electron chi connectivity index (χ1n) is 12.8. The fourth-order valence-corrected chi connectivity index (χ4v) is 5.93. The summed E-state index contributed by atoms with van der Waals surface area (Å²) in [5, 5.41) is 10.2. The molecular weight excluding hydrogens is 588 g/mol. The summed E-state index contributed by atoms with van der Waals surface area (Å²) < 4.78 is 39.9. The van der Waals surface area contributed by atoms with E-state index in [0.29, 0.717) is 48.0 Å². The number of carbonyl (C=O) groups excluding carboxylic acids is 2. The third-order valence-corrected chi connectivity index (χ3v) is 8.28. The van der Waals surface area contributed by atoms with E-state index in [-0.39, 0.29) is 33.5 Å². The largest absolute Gasteiger partial charge is 0.497 e. The van der Waals surface area contributed by atoms with E-state index in [9.17, 15) is 18.4 Å². The lowest BCUT2D eigenvalue weighted by molar-refractivity contribution is 0.0388. The van der Waals surface area contributed by atoms with Gasteiger partial charge in [0.2, 0.25) is 0 Å². The smallest absolute Gasteiger partial charge is 0.321 e. The van der Waals surface area contributed by atoms with Gasteiger partial charge in [-0.25, -0.2) is 23.5 Å². The molecule has 220 valence electrons. The van der Waals surface area contributed by atoms with Crippen molar-refractivity contribution >= 4 is 51.2 Å². The number of nitrogens with zero attached hydrogens (tertiary/aromatic N) is 3. The molecule has 1 aliphatic heterocycles. The van der Waals surface area contributed by atoms with E-state index in [2.05, 4.69) is 30.8 Å². The number of nitrogen functional groups attached to an aromatic ring is 1. The number of aromatic nitrogens is 2. The fourth-order valence-electron chi connectivity index (χ4n) is 4.13. The summed E-state index contributed by atoms with van der Waals surface area (Å²) in [7, 11) is 1.47. The number of nitrogens with two attached hydrogens (primary N) is 1. The predicted molar refractivity (Wildman–Crippen MR) is 158 cm³/mol. The zero-order valence-electron chi connectivity index (χ0n) is 22.4. The highest BCUT2D eigenvalue weighted by Gasteiger charge is 2.20. The Morgan fingerprint density at radius 2 is 1.93 bits per heavy atom. The highest BCUT2D eigenvalue weighted by Crippen LogP contribution is 2.39. The Morgan fingerprint density at radius 3 is 2.71 bits per heavy atom. The molecule has 3 heterocycles. The molecule has 11 nitrogen and oxygen atoms in total. The average Bonchev–Trinajstić information content (AvgIpc) is 3.61. The van der Waals surface area contributed by atoms with Crippen LogP contribution in [0.15, 0.2) is 41.8 Å². The van der Waals surface area contributed by atoms with Crippen molar-refractivity contribution in [2.45, 2.75) is 0 Å². The minimum atomic E-state index is -0.936. The lowest BCUT2D eigenvalue weighted by Gasteiger charge is -2.26. The summed E-state index contributed by atoms with van der Waals surface area (Å²) in [5.41, 5.74) is 6.33. The van der Waals surface area contributed by atoms with E-state index in [0.717, 1.165) is 24.4 Å². The van der Waals surface area contributed by atoms with Crippen molar-refractivity contribution in [1.29, 1.82) is 0 Å². The number of benzene rings is 2. The second-order valence-corrected chi connectivity index (χ2v) is 11.0. The van der Waals surface area contributed by atoms with Crippen molar-refractivity contribution in [3.05, 3.63) is 59.0 Å². The molecule has 2 aromatic carbocycles. The van der Waals surface area contributed by atoms with Crippen molar-refractivity contribution in [2.24, 2.45) is 0 Å². The van der Waals surface area contributed by atoms with Gasteiger partial charge in [0.1, 0.15) is 33.1 Å². The number of hydrogen-bond donors (Lipinski definition) is 4. The first kappa shape index (κ1) is 29.3. The number of anilines is 3. The quantitative estimate of drug-likeness (QED) is 0.215. The Bertz CT molecular complexity index is 1590. The molecule has 0 spiro atoms. The van der Waals surface area contributed by atoms with E-state index in [4.69, 9.17) is 15.2 Å².